The van der Waals surface area contributed by atoms with E-state index in [0.29, 0.717) is 13.0 Å². The maximum atomic E-state index is 11.4. The Morgan fingerprint density at radius 1 is 1.31 bits per heavy atom. The number of esters is 1. The molecule has 0 unspecified atom stereocenters. The number of ether oxygens (including phenoxy) is 1. The van der Waals surface area contributed by atoms with Gasteiger partial charge in [0.05, 0.1) is 13.0 Å². The summed E-state index contributed by atoms with van der Waals surface area (Å²) in [6.45, 7) is 8.75. The summed E-state index contributed by atoms with van der Waals surface area (Å²) >= 11 is 0. The third kappa shape index (κ3) is 3.69. The summed E-state index contributed by atoms with van der Waals surface area (Å²) in [5.41, 5.74) is 2.38. The van der Waals surface area contributed by atoms with E-state index >= 15 is 0 Å². The standard InChI is InChI=1S/C14H20O2/c1-5-16-13(15)10-11-7-6-8-12(9-11)14(2,3)4/h6-9H,5,10H2,1-4H3. The van der Waals surface area contributed by atoms with Gasteiger partial charge in [0.2, 0.25) is 0 Å². The lowest BCUT2D eigenvalue weighted by Gasteiger charge is -2.19. The van der Waals surface area contributed by atoms with Crippen LogP contribution < -0.4 is 0 Å². The first kappa shape index (κ1) is 12.8. The molecule has 0 saturated heterocycles. The van der Waals surface area contributed by atoms with Crippen molar-refractivity contribution in [3.05, 3.63) is 35.4 Å². The molecule has 1 aromatic rings. The normalized spacial score (nSPS) is 11.2. The number of carbonyl (C=O) groups is 1. The van der Waals surface area contributed by atoms with E-state index in [1.54, 1.807) is 0 Å². The molecule has 0 aliphatic rings. The summed E-state index contributed by atoms with van der Waals surface area (Å²) in [6.07, 6.45) is 0.359. The van der Waals surface area contributed by atoms with Gasteiger partial charge >= 0.3 is 5.97 Å². The van der Waals surface area contributed by atoms with Gasteiger partial charge in [-0.15, -0.1) is 0 Å². The molecule has 0 radical (unpaired) electrons. The Kier molecular flexibility index (Phi) is 4.11. The van der Waals surface area contributed by atoms with Crippen LogP contribution in [0.25, 0.3) is 0 Å². The van der Waals surface area contributed by atoms with Crippen LogP contribution in [0.1, 0.15) is 38.8 Å². The van der Waals surface area contributed by atoms with E-state index < -0.39 is 0 Å². The summed E-state index contributed by atoms with van der Waals surface area (Å²) in [6, 6.07) is 8.13. The van der Waals surface area contributed by atoms with Crippen molar-refractivity contribution in [3.63, 3.8) is 0 Å². The van der Waals surface area contributed by atoms with Crippen LogP contribution in [0.2, 0.25) is 0 Å². The Morgan fingerprint density at radius 2 is 2.00 bits per heavy atom. The second-order valence-corrected chi connectivity index (χ2v) is 4.93. The number of carbonyl (C=O) groups excluding carboxylic acids is 1. The van der Waals surface area contributed by atoms with Crippen molar-refractivity contribution in [2.24, 2.45) is 0 Å². The van der Waals surface area contributed by atoms with Gasteiger partial charge in [-0.3, -0.25) is 4.79 Å². The minimum Gasteiger partial charge on any atom is -0.466 e. The lowest BCUT2D eigenvalue weighted by Crippen LogP contribution is -2.12. The van der Waals surface area contributed by atoms with Gasteiger partial charge in [0, 0.05) is 0 Å². The smallest absolute Gasteiger partial charge is 0.310 e. The van der Waals surface area contributed by atoms with E-state index in [-0.39, 0.29) is 11.4 Å². The van der Waals surface area contributed by atoms with E-state index in [2.05, 4.69) is 32.9 Å². The highest BCUT2D eigenvalue weighted by Crippen LogP contribution is 2.22. The van der Waals surface area contributed by atoms with E-state index in [9.17, 15) is 4.79 Å². The molecule has 0 fully saturated rings. The SMILES string of the molecule is CCOC(=O)Cc1cccc(C(C)(C)C)c1. The fourth-order valence-corrected chi connectivity index (χ4v) is 1.53. The van der Waals surface area contributed by atoms with Gasteiger partial charge in [0.15, 0.2) is 0 Å². The largest absolute Gasteiger partial charge is 0.466 e. The lowest BCUT2D eigenvalue weighted by molar-refractivity contribution is -0.142. The van der Waals surface area contributed by atoms with Gasteiger partial charge in [-0.1, -0.05) is 45.0 Å². The molecule has 0 aromatic heterocycles. The molecule has 0 saturated carbocycles. The van der Waals surface area contributed by atoms with Crippen molar-refractivity contribution < 1.29 is 9.53 Å². The Balaban J connectivity index is 2.79. The second-order valence-electron chi connectivity index (χ2n) is 4.93. The zero-order valence-electron chi connectivity index (χ0n) is 10.5. The van der Waals surface area contributed by atoms with E-state index in [1.807, 2.05) is 19.1 Å². The summed E-state index contributed by atoms with van der Waals surface area (Å²) in [7, 11) is 0. The number of hydrogen-bond acceptors (Lipinski definition) is 2. The highest BCUT2D eigenvalue weighted by atomic mass is 16.5. The van der Waals surface area contributed by atoms with Crippen molar-refractivity contribution in [3.8, 4) is 0 Å². The number of rotatable bonds is 3. The average Bonchev–Trinajstić information content (AvgIpc) is 2.17. The van der Waals surface area contributed by atoms with Crippen molar-refractivity contribution >= 4 is 5.97 Å². The van der Waals surface area contributed by atoms with Crippen LogP contribution in [0.5, 0.6) is 0 Å². The molecule has 0 amide bonds. The molecule has 16 heavy (non-hydrogen) atoms. The average molecular weight is 220 g/mol. The fourth-order valence-electron chi connectivity index (χ4n) is 1.53. The summed E-state index contributed by atoms with van der Waals surface area (Å²) in [5, 5.41) is 0. The summed E-state index contributed by atoms with van der Waals surface area (Å²) in [5.74, 6) is -0.159. The molecule has 88 valence electrons. The minimum absolute atomic E-state index is 0.116. The molecule has 0 heterocycles. The molecular formula is C14H20O2. The number of hydrogen-bond donors (Lipinski definition) is 0. The van der Waals surface area contributed by atoms with Crippen LogP contribution in [0.4, 0.5) is 0 Å². The Morgan fingerprint density at radius 3 is 2.56 bits per heavy atom. The van der Waals surface area contributed by atoms with E-state index in [4.69, 9.17) is 4.74 Å². The van der Waals surface area contributed by atoms with Gasteiger partial charge in [-0.25, -0.2) is 0 Å². The minimum atomic E-state index is -0.159. The molecule has 1 aromatic carbocycles. The molecule has 0 atom stereocenters. The van der Waals surface area contributed by atoms with Crippen molar-refractivity contribution in [2.45, 2.75) is 39.5 Å². The topological polar surface area (TPSA) is 26.3 Å². The molecule has 0 bridgehead atoms. The molecule has 0 aliphatic carbocycles. The molecule has 1 rings (SSSR count). The first-order chi connectivity index (χ1) is 7.43. The monoisotopic (exact) mass is 220 g/mol. The van der Waals surface area contributed by atoms with Gasteiger partial charge in [-0.2, -0.15) is 0 Å². The first-order valence-corrected chi connectivity index (χ1v) is 5.68. The van der Waals surface area contributed by atoms with Crippen molar-refractivity contribution in [1.29, 1.82) is 0 Å². The van der Waals surface area contributed by atoms with E-state index in [1.165, 1.54) is 5.56 Å². The van der Waals surface area contributed by atoms with Crippen molar-refractivity contribution in [1.82, 2.24) is 0 Å². The van der Waals surface area contributed by atoms with Crippen molar-refractivity contribution in [2.75, 3.05) is 6.61 Å². The highest BCUT2D eigenvalue weighted by molar-refractivity contribution is 5.72. The van der Waals surface area contributed by atoms with Crippen LogP contribution in [0.15, 0.2) is 24.3 Å². The third-order valence-electron chi connectivity index (χ3n) is 2.45. The van der Waals surface area contributed by atoms with Gasteiger partial charge in [0.25, 0.3) is 0 Å². The quantitative estimate of drug-likeness (QED) is 0.732. The lowest BCUT2D eigenvalue weighted by atomic mass is 9.86. The van der Waals surface area contributed by atoms with Gasteiger partial charge in [0.1, 0.15) is 0 Å². The molecule has 2 nitrogen and oxygen atoms in total. The predicted molar refractivity (Wildman–Crippen MR) is 65.5 cm³/mol. The first-order valence-electron chi connectivity index (χ1n) is 5.68. The van der Waals surface area contributed by atoms with Crippen LogP contribution in [-0.4, -0.2) is 12.6 Å². The van der Waals surface area contributed by atoms with Crippen LogP contribution in [0, 0.1) is 0 Å². The maximum absolute atomic E-state index is 11.4. The maximum Gasteiger partial charge on any atom is 0.310 e. The summed E-state index contributed by atoms with van der Waals surface area (Å²) < 4.78 is 4.93. The second kappa shape index (κ2) is 5.15. The molecule has 2 heteroatoms. The van der Waals surface area contributed by atoms with Gasteiger partial charge < -0.3 is 4.74 Å². The molecule has 0 N–H and O–H groups in total. The Hall–Kier alpha value is -1.31. The Labute approximate surface area is 97.6 Å². The third-order valence-corrected chi connectivity index (χ3v) is 2.45. The van der Waals surface area contributed by atoms with E-state index in [0.717, 1.165) is 5.56 Å². The predicted octanol–water partition coefficient (Wildman–Crippen LogP) is 3.09. The molecule has 0 aliphatic heterocycles. The van der Waals surface area contributed by atoms with Crippen LogP contribution in [-0.2, 0) is 21.4 Å². The highest BCUT2D eigenvalue weighted by Gasteiger charge is 2.14. The molecule has 0 spiro atoms. The summed E-state index contributed by atoms with van der Waals surface area (Å²) in [4.78, 5) is 11.4. The molecular weight excluding hydrogens is 200 g/mol. The van der Waals surface area contributed by atoms with Crippen LogP contribution in [0.3, 0.4) is 0 Å². The zero-order chi connectivity index (χ0) is 12.2. The number of benzene rings is 1. The fraction of sp³-hybridized carbons (Fsp3) is 0.500. The Bertz CT molecular complexity index is 361. The zero-order valence-corrected chi connectivity index (χ0v) is 10.5. The van der Waals surface area contributed by atoms with Gasteiger partial charge in [-0.05, 0) is 23.5 Å². The van der Waals surface area contributed by atoms with Crippen LogP contribution >= 0.6 is 0 Å².